The first kappa shape index (κ1) is 27.3. The molecule has 1 aliphatic rings. The van der Waals surface area contributed by atoms with Crippen LogP contribution in [0, 0.1) is 18.8 Å². The highest BCUT2D eigenvalue weighted by Gasteiger charge is 2.25. The van der Waals surface area contributed by atoms with Crippen molar-refractivity contribution in [2.75, 3.05) is 57.5 Å². The van der Waals surface area contributed by atoms with Crippen molar-refractivity contribution < 1.29 is 4.79 Å². The lowest BCUT2D eigenvalue weighted by atomic mass is 9.99. The summed E-state index contributed by atoms with van der Waals surface area (Å²) in [5.41, 5.74) is 6.71. The summed E-state index contributed by atoms with van der Waals surface area (Å²) in [4.78, 5) is 30.4. The molecule has 5 rings (SSSR count). The average molecular weight is 554 g/mol. The summed E-state index contributed by atoms with van der Waals surface area (Å²) in [5, 5.41) is 6.34. The molecule has 8 nitrogen and oxygen atoms in total. The molecular weight excluding hydrogens is 522 g/mol. The minimum absolute atomic E-state index is 0.255. The maximum atomic E-state index is 13.4. The number of carbonyl (C=O) groups is 1. The molecule has 3 N–H and O–H groups in total. The first-order valence-electron chi connectivity index (χ1n) is 13.2. The van der Waals surface area contributed by atoms with E-state index >= 15 is 0 Å². The van der Waals surface area contributed by atoms with E-state index in [9.17, 15) is 4.79 Å². The van der Waals surface area contributed by atoms with Crippen molar-refractivity contribution in [2.45, 2.75) is 6.92 Å². The first-order valence-corrected chi connectivity index (χ1v) is 13.6. The number of carbonyl (C=O) groups excluding carboxylic acids is 1. The molecule has 0 saturated carbocycles. The summed E-state index contributed by atoms with van der Waals surface area (Å²) in [5.74, 6) is 6.80. The Balaban J connectivity index is 1.63. The van der Waals surface area contributed by atoms with E-state index in [0.29, 0.717) is 39.2 Å². The largest absolute Gasteiger partial charge is 0.369 e. The van der Waals surface area contributed by atoms with Gasteiger partial charge in [0.2, 0.25) is 5.95 Å². The summed E-state index contributed by atoms with van der Waals surface area (Å²) >= 11 is 6.38. The fraction of sp³-hybridized carbons (Fsp3) is 0.258. The Morgan fingerprint density at radius 3 is 2.45 bits per heavy atom. The van der Waals surface area contributed by atoms with Gasteiger partial charge in [0, 0.05) is 68.3 Å². The number of anilines is 2. The van der Waals surface area contributed by atoms with Gasteiger partial charge >= 0.3 is 0 Å². The van der Waals surface area contributed by atoms with Crippen molar-refractivity contribution in [1.82, 2.24) is 25.2 Å². The Hall–Kier alpha value is -4.32. The third kappa shape index (κ3) is 5.67. The third-order valence-electron chi connectivity index (χ3n) is 7.13. The molecular formula is C31H32ClN7O. The van der Waals surface area contributed by atoms with Gasteiger partial charge in [0.15, 0.2) is 0 Å². The molecule has 3 heterocycles. The van der Waals surface area contributed by atoms with E-state index in [1.807, 2.05) is 37.3 Å². The molecule has 1 aliphatic heterocycles. The summed E-state index contributed by atoms with van der Waals surface area (Å²) in [6.07, 6.45) is 1.67. The van der Waals surface area contributed by atoms with Crippen LogP contribution in [0.2, 0.25) is 5.02 Å². The number of aryl methyl sites for hydroxylation is 1. The topological polar surface area (TPSA) is 89.2 Å². The average Bonchev–Trinajstić information content (AvgIpc) is 3.37. The lowest BCUT2D eigenvalue weighted by Gasteiger charge is -2.34. The van der Waals surface area contributed by atoms with Gasteiger partial charge in [-0.05, 0) is 62.0 Å². The van der Waals surface area contributed by atoms with E-state index in [0.717, 1.165) is 42.9 Å². The fourth-order valence-corrected chi connectivity index (χ4v) is 4.98. The zero-order chi connectivity index (χ0) is 28.2. The van der Waals surface area contributed by atoms with Crippen LogP contribution in [0.15, 0.2) is 54.7 Å². The minimum atomic E-state index is -0.255. The number of piperazine rings is 1. The van der Waals surface area contributed by atoms with Gasteiger partial charge in [0.1, 0.15) is 0 Å². The minimum Gasteiger partial charge on any atom is -0.369 e. The molecule has 0 aliphatic carbocycles. The molecule has 204 valence electrons. The zero-order valence-corrected chi connectivity index (χ0v) is 23.9. The monoisotopic (exact) mass is 553 g/mol. The number of halogens is 1. The van der Waals surface area contributed by atoms with Crippen LogP contribution in [0.3, 0.4) is 0 Å². The second-order valence-corrected chi connectivity index (χ2v) is 10.2. The fourth-order valence-electron chi connectivity index (χ4n) is 4.81. The molecule has 0 atom stereocenters. The molecule has 2 aromatic heterocycles. The number of likely N-dealkylation sites (N-methyl/N-ethyl adjacent to an activating group) is 1. The Labute approximate surface area is 239 Å². The van der Waals surface area contributed by atoms with E-state index in [1.165, 1.54) is 5.69 Å². The van der Waals surface area contributed by atoms with Gasteiger partial charge in [-0.3, -0.25) is 4.79 Å². The lowest BCUT2D eigenvalue weighted by molar-refractivity contribution is 0.0963. The molecule has 1 amide bonds. The predicted molar refractivity (Wildman–Crippen MR) is 162 cm³/mol. The van der Waals surface area contributed by atoms with Crippen molar-refractivity contribution in [3.05, 3.63) is 82.0 Å². The highest BCUT2D eigenvalue weighted by molar-refractivity contribution is 6.31. The van der Waals surface area contributed by atoms with E-state index < -0.39 is 0 Å². The van der Waals surface area contributed by atoms with Gasteiger partial charge in [-0.15, -0.1) is 0 Å². The number of nitrogens with zero attached hydrogens (tertiary/aromatic N) is 4. The van der Waals surface area contributed by atoms with Crippen LogP contribution in [0.5, 0.6) is 0 Å². The number of hydrogen-bond acceptors (Lipinski definition) is 6. The molecule has 0 spiro atoms. The number of benzene rings is 2. The van der Waals surface area contributed by atoms with Crippen molar-refractivity contribution >= 4 is 29.1 Å². The highest BCUT2D eigenvalue weighted by Crippen LogP contribution is 2.36. The number of rotatable bonds is 5. The number of nitrogens with one attached hydrogen (secondary N) is 3. The molecule has 0 radical (unpaired) electrons. The lowest BCUT2D eigenvalue weighted by Crippen LogP contribution is -2.44. The highest BCUT2D eigenvalue weighted by atomic mass is 35.5. The molecule has 40 heavy (non-hydrogen) atoms. The Bertz CT molecular complexity index is 1590. The van der Waals surface area contributed by atoms with E-state index in [2.05, 4.69) is 66.4 Å². The number of aromatic amines is 1. The van der Waals surface area contributed by atoms with Gasteiger partial charge in [0.25, 0.3) is 5.91 Å². The van der Waals surface area contributed by atoms with Crippen LogP contribution in [0.1, 0.15) is 27.0 Å². The van der Waals surface area contributed by atoms with Crippen molar-refractivity contribution in [2.24, 2.45) is 0 Å². The first-order chi connectivity index (χ1) is 19.4. The molecule has 1 saturated heterocycles. The van der Waals surface area contributed by atoms with Crippen LogP contribution in [0.25, 0.3) is 22.6 Å². The van der Waals surface area contributed by atoms with Crippen molar-refractivity contribution in [3.8, 4) is 34.5 Å². The van der Waals surface area contributed by atoms with Gasteiger partial charge < -0.3 is 25.4 Å². The second-order valence-electron chi connectivity index (χ2n) is 9.77. The van der Waals surface area contributed by atoms with Crippen LogP contribution >= 0.6 is 11.6 Å². The third-order valence-corrected chi connectivity index (χ3v) is 7.36. The maximum Gasteiger partial charge on any atom is 0.254 e. The summed E-state index contributed by atoms with van der Waals surface area (Å²) in [6, 6.07) is 15.7. The van der Waals surface area contributed by atoms with Gasteiger partial charge in [0.05, 0.1) is 28.2 Å². The Kier molecular flexibility index (Phi) is 8.06. The van der Waals surface area contributed by atoms with Crippen LogP contribution in [-0.4, -0.2) is 73.1 Å². The Morgan fingerprint density at radius 2 is 1.75 bits per heavy atom. The number of aromatic nitrogens is 3. The van der Waals surface area contributed by atoms with Crippen molar-refractivity contribution in [3.63, 3.8) is 0 Å². The Morgan fingerprint density at radius 1 is 1.00 bits per heavy atom. The predicted octanol–water partition coefficient (Wildman–Crippen LogP) is 4.65. The number of amides is 1. The maximum absolute atomic E-state index is 13.4. The molecule has 9 heteroatoms. The number of hydrogen-bond donors (Lipinski definition) is 3. The van der Waals surface area contributed by atoms with Gasteiger partial charge in [-0.2, -0.15) is 0 Å². The second kappa shape index (κ2) is 11.8. The normalized spacial score (nSPS) is 13.5. The quantitative estimate of drug-likeness (QED) is 0.312. The standard InChI is InChI=1S/C31H32ClN7O/c1-20-5-9-22(32)19-25(20)29-27(30(40)33-2)24(28(37-29)26-13-14-35-31(34-3)36-26)12-8-21-6-10-23(11-7-21)39-17-15-38(4)16-18-39/h5-7,9-11,13-14,19,37H,15-18H2,1-4H3,(H,33,40)(H,34,35,36). The molecule has 1 fully saturated rings. The zero-order valence-electron chi connectivity index (χ0n) is 23.1. The van der Waals surface area contributed by atoms with Crippen LogP contribution < -0.4 is 15.5 Å². The summed E-state index contributed by atoms with van der Waals surface area (Å²) in [7, 11) is 5.53. The van der Waals surface area contributed by atoms with Crippen LogP contribution in [-0.2, 0) is 0 Å². The van der Waals surface area contributed by atoms with E-state index in [-0.39, 0.29) is 5.91 Å². The van der Waals surface area contributed by atoms with Crippen molar-refractivity contribution in [1.29, 1.82) is 0 Å². The van der Waals surface area contributed by atoms with E-state index in [1.54, 1.807) is 26.4 Å². The summed E-state index contributed by atoms with van der Waals surface area (Å²) in [6.45, 7) is 6.09. The molecule has 4 aromatic rings. The van der Waals surface area contributed by atoms with Gasteiger partial charge in [-0.25, -0.2) is 9.97 Å². The molecule has 0 bridgehead atoms. The molecule has 2 aromatic carbocycles. The SMILES string of the molecule is CNC(=O)c1c(-c2cc(Cl)ccc2C)[nH]c(-c2ccnc(NC)n2)c1C#Cc1ccc(N2CCN(C)CC2)cc1. The summed E-state index contributed by atoms with van der Waals surface area (Å²) < 4.78 is 0. The molecule has 0 unspecified atom stereocenters. The van der Waals surface area contributed by atoms with Crippen LogP contribution in [0.4, 0.5) is 11.6 Å². The van der Waals surface area contributed by atoms with Gasteiger partial charge in [-0.1, -0.05) is 29.5 Å². The number of H-pyrrole nitrogens is 1. The van der Waals surface area contributed by atoms with E-state index in [4.69, 9.17) is 11.6 Å². The smallest absolute Gasteiger partial charge is 0.254 e.